The topological polar surface area (TPSA) is 105 Å². The molecule has 0 unspecified atom stereocenters. The van der Waals surface area contributed by atoms with Gasteiger partial charge in [-0.3, -0.25) is 9.69 Å². The molecule has 1 fully saturated rings. The standard InChI is InChI=1S/C37H56N2O8/c1-2-42-22-23-43-24-25-44-26-27-45-28-29-46-31-39-20-18-34(19-21-39)16-17-37(41)47-38-36(40)30-35-14-12-33(13-15-35)11-7-6-10-32-8-4-3-5-9-32/h3-5,8-9,12-15,34H,2,6-7,10-11,16-31H2,1H3,(H,38,40). The van der Waals surface area contributed by atoms with Gasteiger partial charge >= 0.3 is 5.97 Å². The summed E-state index contributed by atoms with van der Waals surface area (Å²) in [6.07, 6.45) is 7.63. The maximum absolute atomic E-state index is 12.3. The van der Waals surface area contributed by atoms with Crippen LogP contribution >= 0.6 is 0 Å². The van der Waals surface area contributed by atoms with Crippen molar-refractivity contribution in [3.63, 3.8) is 0 Å². The van der Waals surface area contributed by atoms with Gasteiger partial charge in [-0.1, -0.05) is 54.6 Å². The molecule has 262 valence electrons. The van der Waals surface area contributed by atoms with Gasteiger partial charge in [-0.2, -0.15) is 5.48 Å². The molecule has 0 bridgehead atoms. The highest BCUT2D eigenvalue weighted by Gasteiger charge is 2.20. The molecule has 1 aliphatic heterocycles. The number of aryl methyl sites for hydroxylation is 2. The Labute approximate surface area is 281 Å². The zero-order chi connectivity index (χ0) is 33.2. The molecule has 1 amide bonds. The second-order valence-electron chi connectivity index (χ2n) is 11.9. The lowest BCUT2D eigenvalue weighted by molar-refractivity contribution is -0.158. The zero-order valence-electron chi connectivity index (χ0n) is 28.3. The molecule has 0 spiro atoms. The zero-order valence-corrected chi connectivity index (χ0v) is 28.3. The van der Waals surface area contributed by atoms with E-state index in [0.29, 0.717) is 78.5 Å². The van der Waals surface area contributed by atoms with Crippen molar-refractivity contribution in [2.45, 2.75) is 64.7 Å². The molecule has 0 radical (unpaired) electrons. The summed E-state index contributed by atoms with van der Waals surface area (Å²) >= 11 is 0. The number of amides is 1. The lowest BCUT2D eigenvalue weighted by Crippen LogP contribution is -2.36. The Hall–Kier alpha value is -2.86. The lowest BCUT2D eigenvalue weighted by Gasteiger charge is -2.31. The number of likely N-dealkylation sites (tertiary alicyclic amines) is 1. The van der Waals surface area contributed by atoms with Crippen LogP contribution in [0.2, 0.25) is 0 Å². The number of carbonyl (C=O) groups excluding carboxylic acids is 2. The van der Waals surface area contributed by atoms with Gasteiger partial charge in [0.15, 0.2) is 0 Å². The molecule has 2 aromatic rings. The Morgan fingerprint density at radius 2 is 1.23 bits per heavy atom. The molecule has 10 heteroatoms. The summed E-state index contributed by atoms with van der Waals surface area (Å²) in [7, 11) is 0. The number of rotatable bonds is 25. The normalized spacial score (nSPS) is 13.9. The molecule has 0 aliphatic carbocycles. The van der Waals surface area contributed by atoms with E-state index in [-0.39, 0.29) is 12.3 Å². The summed E-state index contributed by atoms with van der Waals surface area (Å²) in [5.41, 5.74) is 5.85. The Bertz CT molecular complexity index is 1080. The Kier molecular flexibility index (Phi) is 20.7. The Morgan fingerprint density at radius 3 is 1.83 bits per heavy atom. The highest BCUT2D eigenvalue weighted by atomic mass is 16.7. The van der Waals surface area contributed by atoms with Gasteiger partial charge < -0.3 is 28.5 Å². The average molecular weight is 657 g/mol. The van der Waals surface area contributed by atoms with Crippen molar-refractivity contribution < 1.29 is 38.1 Å². The van der Waals surface area contributed by atoms with Gasteiger partial charge in [0.2, 0.25) is 0 Å². The monoisotopic (exact) mass is 656 g/mol. The van der Waals surface area contributed by atoms with E-state index in [1.165, 1.54) is 11.1 Å². The Morgan fingerprint density at radius 1 is 0.702 bits per heavy atom. The predicted octanol–water partition coefficient (Wildman–Crippen LogP) is 4.92. The van der Waals surface area contributed by atoms with Gasteiger partial charge in [-0.15, -0.1) is 0 Å². The van der Waals surface area contributed by atoms with Crippen molar-refractivity contribution >= 4 is 11.9 Å². The molecule has 0 atom stereocenters. The fraction of sp³-hybridized carbons (Fsp3) is 0.622. The van der Waals surface area contributed by atoms with Crippen LogP contribution in [0.15, 0.2) is 54.6 Å². The molecule has 0 saturated carbocycles. The summed E-state index contributed by atoms with van der Waals surface area (Å²) in [5.74, 6) is -0.258. The highest BCUT2D eigenvalue weighted by Crippen LogP contribution is 2.22. The van der Waals surface area contributed by atoms with Gasteiger partial charge in [0.05, 0.1) is 66.0 Å². The second kappa shape index (κ2) is 25.2. The van der Waals surface area contributed by atoms with Gasteiger partial charge in [-0.25, -0.2) is 4.79 Å². The van der Waals surface area contributed by atoms with Crippen LogP contribution in [0.25, 0.3) is 0 Å². The van der Waals surface area contributed by atoms with Crippen molar-refractivity contribution in [2.24, 2.45) is 5.92 Å². The van der Waals surface area contributed by atoms with E-state index < -0.39 is 5.97 Å². The third-order valence-electron chi connectivity index (χ3n) is 8.12. The molecular weight excluding hydrogens is 600 g/mol. The number of hydrogen-bond donors (Lipinski definition) is 1. The van der Waals surface area contributed by atoms with E-state index in [1.54, 1.807) is 0 Å². The average Bonchev–Trinajstić information content (AvgIpc) is 3.10. The quantitative estimate of drug-likeness (QED) is 0.118. The SMILES string of the molecule is CCOCCOCCOCCOCCOCN1CCC(CCC(=O)ONC(=O)Cc2ccc(CCCCc3ccccc3)cc2)CC1. The van der Waals surface area contributed by atoms with Crippen molar-refractivity contribution in [3.8, 4) is 0 Å². The minimum absolute atomic E-state index is 0.175. The highest BCUT2D eigenvalue weighted by molar-refractivity contribution is 5.79. The summed E-state index contributed by atoms with van der Waals surface area (Å²) in [6.45, 7) is 9.57. The van der Waals surface area contributed by atoms with Crippen molar-refractivity contribution in [2.75, 3.05) is 79.3 Å². The smallest absolute Gasteiger partial charge is 0.332 e. The molecule has 0 aromatic heterocycles. The maximum atomic E-state index is 12.3. The minimum Gasteiger partial charge on any atom is -0.379 e. The second-order valence-corrected chi connectivity index (χ2v) is 11.9. The summed E-state index contributed by atoms with van der Waals surface area (Å²) < 4.78 is 27.4. The summed E-state index contributed by atoms with van der Waals surface area (Å²) in [4.78, 5) is 31.9. The number of nitrogens with one attached hydrogen (secondary N) is 1. The molecule has 1 N–H and O–H groups in total. The molecule has 1 heterocycles. The first-order valence-corrected chi connectivity index (χ1v) is 17.3. The van der Waals surface area contributed by atoms with Crippen LogP contribution in [0, 0.1) is 5.92 Å². The number of ether oxygens (including phenoxy) is 5. The van der Waals surface area contributed by atoms with Crippen LogP contribution in [-0.4, -0.2) is 96.1 Å². The first kappa shape index (κ1) is 38.6. The molecule has 10 nitrogen and oxygen atoms in total. The fourth-order valence-corrected chi connectivity index (χ4v) is 5.35. The molecule has 2 aromatic carbocycles. The third-order valence-corrected chi connectivity index (χ3v) is 8.12. The predicted molar refractivity (Wildman–Crippen MR) is 181 cm³/mol. The number of hydroxylamine groups is 1. The van der Waals surface area contributed by atoms with E-state index in [2.05, 4.69) is 46.8 Å². The Balaban J connectivity index is 1.11. The van der Waals surface area contributed by atoms with Crippen molar-refractivity contribution in [3.05, 3.63) is 71.3 Å². The van der Waals surface area contributed by atoms with E-state index >= 15 is 0 Å². The molecule has 47 heavy (non-hydrogen) atoms. The van der Waals surface area contributed by atoms with Crippen LogP contribution in [0.3, 0.4) is 0 Å². The lowest BCUT2D eigenvalue weighted by atomic mass is 9.92. The molecule has 1 aliphatic rings. The van der Waals surface area contributed by atoms with Crippen molar-refractivity contribution in [1.29, 1.82) is 0 Å². The molecule has 1 saturated heterocycles. The largest absolute Gasteiger partial charge is 0.379 e. The van der Waals surface area contributed by atoms with Gasteiger partial charge in [0, 0.05) is 26.1 Å². The first-order chi connectivity index (χ1) is 23.1. The number of benzene rings is 2. The van der Waals surface area contributed by atoms with E-state index in [0.717, 1.165) is 63.6 Å². The van der Waals surface area contributed by atoms with Crippen LogP contribution < -0.4 is 5.48 Å². The van der Waals surface area contributed by atoms with E-state index in [4.69, 9.17) is 28.5 Å². The first-order valence-electron chi connectivity index (χ1n) is 17.3. The molecule has 3 rings (SSSR count). The maximum Gasteiger partial charge on any atom is 0.332 e. The third kappa shape index (κ3) is 18.9. The number of unbranched alkanes of at least 4 members (excludes halogenated alkanes) is 1. The van der Waals surface area contributed by atoms with Gasteiger partial charge in [0.25, 0.3) is 5.91 Å². The van der Waals surface area contributed by atoms with E-state index in [9.17, 15) is 9.59 Å². The van der Waals surface area contributed by atoms with Crippen LogP contribution in [0.5, 0.6) is 0 Å². The number of piperidine rings is 1. The van der Waals surface area contributed by atoms with Crippen LogP contribution in [0.4, 0.5) is 0 Å². The van der Waals surface area contributed by atoms with Crippen LogP contribution in [-0.2, 0) is 57.4 Å². The molecular formula is C37H56N2O8. The minimum atomic E-state index is -0.397. The number of carbonyl (C=O) groups is 2. The summed E-state index contributed by atoms with van der Waals surface area (Å²) in [6, 6.07) is 18.7. The number of nitrogens with zero attached hydrogens (tertiary/aromatic N) is 1. The fourth-order valence-electron chi connectivity index (χ4n) is 5.35. The van der Waals surface area contributed by atoms with Gasteiger partial charge in [0.1, 0.15) is 0 Å². The number of hydrogen-bond acceptors (Lipinski definition) is 9. The van der Waals surface area contributed by atoms with Crippen molar-refractivity contribution in [1.82, 2.24) is 10.4 Å². The summed E-state index contributed by atoms with van der Waals surface area (Å²) in [5, 5.41) is 0. The van der Waals surface area contributed by atoms with Crippen LogP contribution in [0.1, 0.15) is 62.1 Å². The van der Waals surface area contributed by atoms with E-state index in [1.807, 2.05) is 25.1 Å². The van der Waals surface area contributed by atoms with Gasteiger partial charge in [-0.05, 0) is 74.5 Å².